The van der Waals surface area contributed by atoms with Crippen LogP contribution in [0.4, 0.5) is 22.5 Å². The number of hydrogen-bond donors (Lipinski definition) is 2. The summed E-state index contributed by atoms with van der Waals surface area (Å²) in [4.78, 5) is 23.3. The largest absolute Gasteiger partial charge is 0.378 e. The average Bonchev–Trinajstić information content (AvgIpc) is 3.08. The molecule has 3 rings (SSSR count). The normalized spacial score (nSPS) is 10.5. The van der Waals surface area contributed by atoms with E-state index >= 15 is 0 Å². The Morgan fingerprint density at radius 3 is 2.90 bits per heavy atom. The Morgan fingerprint density at radius 2 is 2.19 bits per heavy atom. The molecule has 0 atom stereocenters. The van der Waals surface area contributed by atoms with E-state index in [4.69, 9.17) is 5.73 Å². The summed E-state index contributed by atoms with van der Waals surface area (Å²) in [5.41, 5.74) is 5.96. The van der Waals surface area contributed by atoms with Crippen LogP contribution in [0.1, 0.15) is 0 Å². The van der Waals surface area contributed by atoms with Gasteiger partial charge in [-0.3, -0.25) is 10.1 Å². The first-order valence-corrected chi connectivity index (χ1v) is 7.42. The summed E-state index contributed by atoms with van der Waals surface area (Å²) in [5.74, 6) is -0.160. The fourth-order valence-corrected chi connectivity index (χ4v) is 3.10. The van der Waals surface area contributed by atoms with E-state index in [0.717, 1.165) is 10.6 Å². The maximum atomic E-state index is 11.0. The third kappa shape index (κ3) is 2.66. The molecule has 0 radical (unpaired) electrons. The molecular weight excluding hydrogens is 312 g/mol. The SMILES string of the molecule is Nc1ncnc(Nc2nc(-c3cccs3)cs2)c1[N+](=O)[O-]. The molecule has 0 bridgehead atoms. The standard InChI is InChI=1S/C11H8N6O2S2/c12-9-8(17(18)19)10(14-5-13-9)16-11-15-6(4-21-11)7-2-1-3-20-7/h1-5H,(H3,12,13,14,15,16). The summed E-state index contributed by atoms with van der Waals surface area (Å²) >= 11 is 2.90. The summed E-state index contributed by atoms with van der Waals surface area (Å²) in [5, 5.41) is 18.2. The number of nitro groups is 1. The first kappa shape index (κ1) is 13.4. The van der Waals surface area contributed by atoms with Gasteiger partial charge in [-0.2, -0.15) is 0 Å². The van der Waals surface area contributed by atoms with Crippen LogP contribution in [0.25, 0.3) is 10.6 Å². The minimum atomic E-state index is -0.620. The monoisotopic (exact) mass is 320 g/mol. The van der Waals surface area contributed by atoms with Crippen molar-refractivity contribution in [3.63, 3.8) is 0 Å². The molecule has 0 aliphatic rings. The fraction of sp³-hybridized carbons (Fsp3) is 0. The van der Waals surface area contributed by atoms with Gasteiger partial charge in [0.2, 0.25) is 11.6 Å². The van der Waals surface area contributed by atoms with Crippen molar-refractivity contribution < 1.29 is 4.92 Å². The van der Waals surface area contributed by atoms with E-state index in [1.807, 2.05) is 22.9 Å². The lowest BCUT2D eigenvalue weighted by Gasteiger charge is -2.03. The number of thiophene rings is 1. The summed E-state index contributed by atoms with van der Waals surface area (Å²) in [6.07, 6.45) is 1.17. The molecule has 0 spiro atoms. The van der Waals surface area contributed by atoms with E-state index in [2.05, 4.69) is 20.3 Å². The van der Waals surface area contributed by atoms with Crippen molar-refractivity contribution in [2.24, 2.45) is 0 Å². The Hall–Kier alpha value is -2.59. The predicted molar refractivity (Wildman–Crippen MR) is 81.8 cm³/mol. The third-order valence-electron chi connectivity index (χ3n) is 2.54. The van der Waals surface area contributed by atoms with Gasteiger partial charge in [0.25, 0.3) is 0 Å². The van der Waals surface area contributed by atoms with Gasteiger partial charge < -0.3 is 11.1 Å². The van der Waals surface area contributed by atoms with Crippen LogP contribution in [0.15, 0.2) is 29.2 Å². The van der Waals surface area contributed by atoms with Crippen molar-refractivity contribution in [3.8, 4) is 10.6 Å². The van der Waals surface area contributed by atoms with Crippen molar-refractivity contribution in [3.05, 3.63) is 39.3 Å². The maximum Gasteiger partial charge on any atom is 0.353 e. The summed E-state index contributed by atoms with van der Waals surface area (Å²) < 4.78 is 0. The number of hydrogen-bond acceptors (Lipinski definition) is 9. The van der Waals surface area contributed by atoms with Gasteiger partial charge in [-0.05, 0) is 11.4 Å². The van der Waals surface area contributed by atoms with E-state index in [1.54, 1.807) is 11.3 Å². The molecule has 0 aliphatic carbocycles. The van der Waals surface area contributed by atoms with Crippen molar-refractivity contribution in [2.75, 3.05) is 11.1 Å². The van der Waals surface area contributed by atoms with Crippen molar-refractivity contribution >= 4 is 45.1 Å². The number of nitrogens with one attached hydrogen (secondary N) is 1. The molecule has 10 heteroatoms. The highest BCUT2D eigenvalue weighted by Crippen LogP contribution is 2.33. The van der Waals surface area contributed by atoms with Gasteiger partial charge in [0, 0.05) is 5.38 Å². The molecule has 3 aromatic rings. The Bertz CT molecular complexity index is 786. The number of aromatic nitrogens is 3. The molecule has 3 N–H and O–H groups in total. The van der Waals surface area contributed by atoms with Gasteiger partial charge in [0.05, 0.1) is 15.5 Å². The number of thiazole rings is 1. The molecule has 0 amide bonds. The van der Waals surface area contributed by atoms with Crippen LogP contribution < -0.4 is 11.1 Å². The number of anilines is 3. The second-order valence-corrected chi connectivity index (χ2v) is 5.66. The molecule has 0 fully saturated rings. The van der Waals surface area contributed by atoms with Crippen molar-refractivity contribution in [1.82, 2.24) is 15.0 Å². The average molecular weight is 320 g/mol. The van der Waals surface area contributed by atoms with Crippen LogP contribution in [0, 0.1) is 10.1 Å². The quantitative estimate of drug-likeness (QED) is 0.560. The third-order valence-corrected chi connectivity index (χ3v) is 4.19. The van der Waals surface area contributed by atoms with Gasteiger partial charge in [-0.1, -0.05) is 6.07 Å². The van der Waals surface area contributed by atoms with Crippen LogP contribution >= 0.6 is 22.7 Å². The molecule has 3 heterocycles. The van der Waals surface area contributed by atoms with E-state index in [9.17, 15) is 10.1 Å². The summed E-state index contributed by atoms with van der Waals surface area (Å²) in [7, 11) is 0. The number of nitrogen functional groups attached to an aromatic ring is 1. The topological polar surface area (TPSA) is 120 Å². The Balaban J connectivity index is 1.91. The summed E-state index contributed by atoms with van der Waals surface area (Å²) in [6.45, 7) is 0. The van der Waals surface area contributed by atoms with Gasteiger partial charge in [0.15, 0.2) is 5.13 Å². The molecule has 3 aromatic heterocycles. The second kappa shape index (κ2) is 5.42. The lowest BCUT2D eigenvalue weighted by Crippen LogP contribution is -2.04. The summed E-state index contributed by atoms with van der Waals surface area (Å²) in [6, 6.07) is 3.89. The maximum absolute atomic E-state index is 11.0. The van der Waals surface area contributed by atoms with Crippen LogP contribution in [0.2, 0.25) is 0 Å². The molecule has 0 unspecified atom stereocenters. The number of rotatable bonds is 4. The molecule has 106 valence electrons. The van der Waals surface area contributed by atoms with Crippen LogP contribution in [-0.4, -0.2) is 19.9 Å². The van der Waals surface area contributed by atoms with E-state index in [-0.39, 0.29) is 17.3 Å². The number of nitrogens with zero attached hydrogens (tertiary/aromatic N) is 4. The Kier molecular flexibility index (Phi) is 3.46. The van der Waals surface area contributed by atoms with Crippen LogP contribution in [0.5, 0.6) is 0 Å². The Labute approximate surface area is 126 Å². The number of nitrogens with two attached hydrogens (primary N) is 1. The molecule has 0 aliphatic heterocycles. The highest BCUT2D eigenvalue weighted by Gasteiger charge is 2.21. The van der Waals surface area contributed by atoms with E-state index in [0.29, 0.717) is 5.13 Å². The molecular formula is C11H8N6O2S2. The predicted octanol–water partition coefficient (Wildman–Crippen LogP) is 2.90. The lowest BCUT2D eigenvalue weighted by atomic mass is 10.4. The Morgan fingerprint density at radius 1 is 1.33 bits per heavy atom. The minimum absolute atomic E-state index is 0.0274. The fourth-order valence-electron chi connectivity index (χ4n) is 1.63. The highest BCUT2D eigenvalue weighted by atomic mass is 32.1. The lowest BCUT2D eigenvalue weighted by molar-refractivity contribution is -0.383. The zero-order chi connectivity index (χ0) is 14.8. The van der Waals surface area contributed by atoms with Gasteiger partial charge in [-0.15, -0.1) is 22.7 Å². The smallest absolute Gasteiger partial charge is 0.353 e. The zero-order valence-corrected chi connectivity index (χ0v) is 12.0. The molecule has 0 aromatic carbocycles. The van der Waals surface area contributed by atoms with Crippen molar-refractivity contribution in [2.45, 2.75) is 0 Å². The zero-order valence-electron chi connectivity index (χ0n) is 10.4. The van der Waals surface area contributed by atoms with Crippen LogP contribution in [0.3, 0.4) is 0 Å². The highest BCUT2D eigenvalue weighted by molar-refractivity contribution is 7.16. The molecule has 0 saturated heterocycles. The minimum Gasteiger partial charge on any atom is -0.378 e. The first-order chi connectivity index (χ1) is 10.1. The van der Waals surface area contributed by atoms with Crippen molar-refractivity contribution in [1.29, 1.82) is 0 Å². The van der Waals surface area contributed by atoms with Gasteiger partial charge >= 0.3 is 5.69 Å². The van der Waals surface area contributed by atoms with E-state index in [1.165, 1.54) is 17.7 Å². The molecule has 21 heavy (non-hydrogen) atoms. The second-order valence-electron chi connectivity index (χ2n) is 3.85. The van der Waals surface area contributed by atoms with Gasteiger partial charge in [-0.25, -0.2) is 15.0 Å². The van der Waals surface area contributed by atoms with E-state index < -0.39 is 4.92 Å². The van der Waals surface area contributed by atoms with Crippen LogP contribution in [-0.2, 0) is 0 Å². The first-order valence-electron chi connectivity index (χ1n) is 5.66. The van der Waals surface area contributed by atoms with Gasteiger partial charge in [0.1, 0.15) is 6.33 Å². The molecule has 0 saturated carbocycles. The molecule has 8 nitrogen and oxygen atoms in total.